The zero-order chi connectivity index (χ0) is 25.2. The van der Waals surface area contributed by atoms with Gasteiger partial charge in [0.2, 0.25) is 0 Å². The molecule has 2 N–H and O–H groups in total. The number of nitrogens with zero attached hydrogens (tertiary/aromatic N) is 5. The van der Waals surface area contributed by atoms with Crippen molar-refractivity contribution in [2.75, 3.05) is 18.7 Å². The number of methoxy groups -OCH3 is 1. The minimum atomic E-state index is -0.165. The van der Waals surface area contributed by atoms with Gasteiger partial charge in [-0.25, -0.2) is 9.97 Å². The Morgan fingerprint density at radius 3 is 2.69 bits per heavy atom. The van der Waals surface area contributed by atoms with E-state index in [1.54, 1.807) is 25.1 Å². The molecule has 2 aromatic carbocycles. The molecule has 5 rings (SSSR count). The molecule has 0 atom stereocenters. The van der Waals surface area contributed by atoms with Crippen molar-refractivity contribution in [2.24, 2.45) is 7.05 Å². The van der Waals surface area contributed by atoms with Gasteiger partial charge in [0.1, 0.15) is 17.4 Å². The van der Waals surface area contributed by atoms with Crippen molar-refractivity contribution in [2.45, 2.75) is 25.0 Å². The number of fused-ring (bicyclic) bond motifs is 1. The molecule has 0 amide bonds. The molecule has 8 nitrogen and oxygen atoms in total. The number of rotatable bonds is 8. The van der Waals surface area contributed by atoms with E-state index in [1.807, 2.05) is 59.8 Å². The van der Waals surface area contributed by atoms with Crippen molar-refractivity contribution in [1.29, 1.82) is 0 Å². The number of aliphatic hydroxyl groups excluding tert-OH is 1. The average Bonchev–Trinajstić information content (AvgIpc) is 3.48. The number of nitrogens with one attached hydrogen (secondary N) is 1. The smallest absolute Gasteiger partial charge is 0.165 e. The summed E-state index contributed by atoms with van der Waals surface area (Å²) in [7, 11) is 3.66. The average molecular weight is 501 g/mol. The van der Waals surface area contributed by atoms with E-state index in [2.05, 4.69) is 34.6 Å². The second-order valence-corrected chi connectivity index (χ2v) is 9.32. The molecular weight excluding hydrogens is 472 g/mol. The van der Waals surface area contributed by atoms with Gasteiger partial charge in [-0.05, 0) is 42.5 Å². The summed E-state index contributed by atoms with van der Waals surface area (Å²) in [4.78, 5) is 10.2. The van der Waals surface area contributed by atoms with Crippen LogP contribution in [0.1, 0.15) is 17.0 Å². The van der Waals surface area contributed by atoms with Gasteiger partial charge in [0, 0.05) is 48.1 Å². The van der Waals surface area contributed by atoms with Crippen LogP contribution in [0.4, 0.5) is 5.82 Å². The summed E-state index contributed by atoms with van der Waals surface area (Å²) in [5, 5.41) is 18.2. The van der Waals surface area contributed by atoms with Gasteiger partial charge in [0.05, 0.1) is 25.1 Å². The molecule has 0 spiro atoms. The molecule has 9 heteroatoms. The molecule has 0 aliphatic carbocycles. The normalized spacial score (nSPS) is 11.2. The largest absolute Gasteiger partial charge is 0.496 e. The number of hydrogen-bond donors (Lipinski definition) is 2. The molecule has 0 aliphatic heterocycles. The second-order valence-electron chi connectivity index (χ2n) is 8.47. The lowest BCUT2D eigenvalue weighted by atomic mass is 10.1. The van der Waals surface area contributed by atoms with Crippen LogP contribution in [0, 0.1) is 6.92 Å². The van der Waals surface area contributed by atoms with Gasteiger partial charge in [-0.1, -0.05) is 24.3 Å². The van der Waals surface area contributed by atoms with Gasteiger partial charge in [-0.15, -0.1) is 11.8 Å². The zero-order valence-electron chi connectivity index (χ0n) is 20.7. The van der Waals surface area contributed by atoms with Crippen LogP contribution in [0.5, 0.6) is 5.75 Å². The first-order valence-electron chi connectivity index (χ1n) is 11.6. The van der Waals surface area contributed by atoms with Gasteiger partial charge in [-0.3, -0.25) is 0 Å². The number of ether oxygens (including phenoxy) is 1. The fourth-order valence-electron chi connectivity index (χ4n) is 4.37. The number of benzene rings is 2. The lowest BCUT2D eigenvalue weighted by molar-refractivity contribution is 0.277. The predicted molar refractivity (Wildman–Crippen MR) is 143 cm³/mol. The van der Waals surface area contributed by atoms with Crippen molar-refractivity contribution in [3.63, 3.8) is 0 Å². The highest BCUT2D eigenvalue weighted by molar-refractivity contribution is 7.98. The Morgan fingerprint density at radius 2 is 1.97 bits per heavy atom. The Hall–Kier alpha value is -3.82. The molecule has 3 aromatic heterocycles. The highest BCUT2D eigenvalue weighted by Crippen LogP contribution is 2.36. The van der Waals surface area contributed by atoms with Crippen LogP contribution in [0.3, 0.4) is 0 Å². The van der Waals surface area contributed by atoms with E-state index in [0.29, 0.717) is 17.9 Å². The van der Waals surface area contributed by atoms with E-state index in [9.17, 15) is 5.11 Å². The molecule has 5 aromatic rings. The minimum absolute atomic E-state index is 0.165. The third-order valence-electron chi connectivity index (χ3n) is 6.13. The van der Waals surface area contributed by atoms with Crippen LogP contribution < -0.4 is 10.1 Å². The molecular formula is C27H28N6O2S. The Kier molecular flexibility index (Phi) is 6.67. The molecule has 0 bridgehead atoms. The summed E-state index contributed by atoms with van der Waals surface area (Å²) < 4.78 is 9.31. The quantitative estimate of drug-likeness (QED) is 0.292. The number of imidazole rings is 1. The van der Waals surface area contributed by atoms with Gasteiger partial charge in [-0.2, -0.15) is 9.61 Å². The van der Waals surface area contributed by atoms with Crippen LogP contribution >= 0.6 is 11.8 Å². The van der Waals surface area contributed by atoms with Crippen molar-refractivity contribution in [1.82, 2.24) is 24.1 Å². The first-order chi connectivity index (χ1) is 17.5. The maximum atomic E-state index is 9.94. The zero-order valence-corrected chi connectivity index (χ0v) is 21.5. The van der Waals surface area contributed by atoms with E-state index in [-0.39, 0.29) is 6.61 Å². The summed E-state index contributed by atoms with van der Waals surface area (Å²) in [6.45, 7) is 2.39. The van der Waals surface area contributed by atoms with Gasteiger partial charge < -0.3 is 19.7 Å². The van der Waals surface area contributed by atoms with E-state index in [4.69, 9.17) is 14.8 Å². The number of thioether (sulfide) groups is 1. The van der Waals surface area contributed by atoms with Crippen LogP contribution in [0.25, 0.3) is 28.2 Å². The van der Waals surface area contributed by atoms with E-state index < -0.39 is 0 Å². The predicted octanol–water partition coefficient (Wildman–Crippen LogP) is 4.94. The van der Waals surface area contributed by atoms with E-state index >= 15 is 0 Å². The number of aryl methyl sites for hydroxylation is 2. The summed E-state index contributed by atoms with van der Waals surface area (Å²) in [6.07, 6.45) is 5.76. The van der Waals surface area contributed by atoms with Gasteiger partial charge >= 0.3 is 0 Å². The Bertz CT molecular complexity index is 1540. The Morgan fingerprint density at radius 1 is 1.11 bits per heavy atom. The summed E-state index contributed by atoms with van der Waals surface area (Å²) >= 11 is 1.63. The lowest BCUT2D eigenvalue weighted by Gasteiger charge is -2.12. The van der Waals surface area contributed by atoms with E-state index in [0.717, 1.165) is 50.2 Å². The number of aliphatic hydroxyl groups is 1. The highest BCUT2D eigenvalue weighted by atomic mass is 32.2. The first-order valence-corrected chi connectivity index (χ1v) is 12.8. The lowest BCUT2D eigenvalue weighted by Crippen LogP contribution is -2.08. The van der Waals surface area contributed by atoms with Crippen molar-refractivity contribution >= 4 is 23.2 Å². The molecule has 36 heavy (non-hydrogen) atoms. The highest BCUT2D eigenvalue weighted by Gasteiger charge is 2.18. The molecule has 0 unspecified atom stereocenters. The molecule has 0 saturated heterocycles. The van der Waals surface area contributed by atoms with Crippen LogP contribution in [-0.2, 0) is 20.2 Å². The number of aromatic nitrogens is 5. The van der Waals surface area contributed by atoms with Gasteiger partial charge in [0.15, 0.2) is 5.65 Å². The number of hydrogen-bond acceptors (Lipinski definition) is 7. The summed E-state index contributed by atoms with van der Waals surface area (Å²) in [5.74, 6) is 2.51. The minimum Gasteiger partial charge on any atom is -0.496 e. The molecule has 0 aliphatic rings. The standard InChI is InChI=1S/C27H28N6O2S/c1-17-25(19-8-9-22(35-3)23(13-19)36-4)27-30-21(16-34)14-24(33(27)31-17)29-15-18-6-5-7-20(12-18)26-28-10-11-32(26)2/h5-14,29,34H,15-16H2,1-4H3. The number of anilines is 1. The molecule has 0 fully saturated rings. The van der Waals surface area contributed by atoms with Gasteiger partial charge in [0.25, 0.3) is 0 Å². The van der Waals surface area contributed by atoms with E-state index in [1.165, 1.54) is 0 Å². The summed E-state index contributed by atoms with van der Waals surface area (Å²) in [5.41, 5.74) is 6.22. The monoisotopic (exact) mass is 500 g/mol. The molecule has 3 heterocycles. The maximum absolute atomic E-state index is 9.94. The molecule has 0 radical (unpaired) electrons. The molecule has 0 saturated carbocycles. The fraction of sp³-hybridized carbons (Fsp3) is 0.222. The van der Waals surface area contributed by atoms with Crippen molar-refractivity contribution in [3.8, 4) is 28.3 Å². The summed E-state index contributed by atoms with van der Waals surface area (Å²) in [6, 6.07) is 16.2. The second kappa shape index (κ2) is 10.0. The fourth-order valence-corrected chi connectivity index (χ4v) is 4.96. The topological polar surface area (TPSA) is 89.5 Å². The van der Waals surface area contributed by atoms with Crippen molar-refractivity contribution < 1.29 is 9.84 Å². The third kappa shape index (κ3) is 4.43. The SMILES string of the molecule is COc1ccc(-c2c(C)nn3c(NCc4cccc(-c5nccn5C)c4)cc(CO)nc23)cc1SC. The molecule has 184 valence electrons. The maximum Gasteiger partial charge on any atom is 0.165 e. The van der Waals surface area contributed by atoms with Crippen LogP contribution in [-0.4, -0.2) is 42.6 Å². The third-order valence-corrected chi connectivity index (χ3v) is 6.89. The van der Waals surface area contributed by atoms with Crippen LogP contribution in [0.2, 0.25) is 0 Å². The Balaban J connectivity index is 1.52. The Labute approximate surface area is 214 Å². The van der Waals surface area contributed by atoms with Crippen LogP contribution in [0.15, 0.2) is 65.8 Å². The first kappa shape index (κ1) is 23.9. The van der Waals surface area contributed by atoms with Crippen molar-refractivity contribution in [3.05, 3.63) is 77.9 Å².